The number of nitrogens with zero attached hydrogens (tertiary/aromatic N) is 1. The van der Waals surface area contributed by atoms with Crippen molar-refractivity contribution in [3.05, 3.63) is 73.7 Å². The molecule has 0 bridgehead atoms. The molecule has 2 aromatic carbocycles. The Kier molecular flexibility index (Phi) is 4.86. The quantitative estimate of drug-likeness (QED) is 0.299. The zero-order valence-electron chi connectivity index (χ0n) is 16.4. The number of aryl methyl sites for hydroxylation is 2. The van der Waals surface area contributed by atoms with Gasteiger partial charge in [-0.05, 0) is 47.3 Å². The Morgan fingerprint density at radius 2 is 2.03 bits per heavy atom. The highest BCUT2D eigenvalue weighted by Gasteiger charge is 2.23. The van der Waals surface area contributed by atoms with Crippen LogP contribution in [-0.4, -0.2) is 22.2 Å². The molecule has 0 fully saturated rings. The Hall–Kier alpha value is -3.39. The van der Waals surface area contributed by atoms with Gasteiger partial charge in [-0.15, -0.1) is 0 Å². The number of phenols is 1. The first-order valence-electron chi connectivity index (χ1n) is 9.94. The predicted octanol–water partition coefficient (Wildman–Crippen LogP) is 4.39. The maximum Gasteiger partial charge on any atom is 0.272 e. The monoisotopic (exact) mass is 479 g/mol. The van der Waals surface area contributed by atoms with E-state index in [9.17, 15) is 14.7 Å². The van der Waals surface area contributed by atoms with Crippen LogP contribution < -0.4 is 11.0 Å². The van der Waals surface area contributed by atoms with Crippen LogP contribution in [0.25, 0.3) is 21.9 Å². The Bertz CT molecular complexity index is 1430. The number of hydrazone groups is 1. The molecule has 31 heavy (non-hydrogen) atoms. The molecule has 0 spiro atoms. The average molecular weight is 480 g/mol. The van der Waals surface area contributed by atoms with Crippen LogP contribution in [0.5, 0.6) is 5.75 Å². The van der Waals surface area contributed by atoms with Crippen LogP contribution in [0.15, 0.2) is 55.2 Å². The largest absolute Gasteiger partial charge is 0.506 e. The molecule has 1 aliphatic rings. The smallest absolute Gasteiger partial charge is 0.272 e. The molecule has 1 amide bonds. The van der Waals surface area contributed by atoms with Crippen molar-refractivity contribution < 1.29 is 14.3 Å². The molecule has 8 heteroatoms. The van der Waals surface area contributed by atoms with Gasteiger partial charge in [-0.2, -0.15) is 5.10 Å². The summed E-state index contributed by atoms with van der Waals surface area (Å²) in [6, 6.07) is 10.1. The lowest BCUT2D eigenvalue weighted by Crippen LogP contribution is -2.20. The van der Waals surface area contributed by atoms with Crippen LogP contribution in [0.4, 0.5) is 0 Å². The molecule has 0 unspecified atom stereocenters. The number of fused-ring (bicyclic) bond motifs is 4. The minimum Gasteiger partial charge on any atom is -0.506 e. The Balaban J connectivity index is 1.52. The number of aromatic hydroxyl groups is 1. The molecule has 2 heterocycles. The lowest BCUT2D eigenvalue weighted by Gasteiger charge is -2.10. The Morgan fingerprint density at radius 3 is 2.90 bits per heavy atom. The van der Waals surface area contributed by atoms with Crippen molar-refractivity contribution >= 4 is 49.9 Å². The number of furan rings is 1. The van der Waals surface area contributed by atoms with Crippen molar-refractivity contribution in [2.75, 3.05) is 0 Å². The van der Waals surface area contributed by atoms with Gasteiger partial charge >= 0.3 is 0 Å². The minimum absolute atomic E-state index is 0.0290. The summed E-state index contributed by atoms with van der Waals surface area (Å²) < 4.78 is 6.48. The third kappa shape index (κ3) is 3.42. The molecule has 0 saturated heterocycles. The van der Waals surface area contributed by atoms with E-state index in [2.05, 4.69) is 31.4 Å². The highest BCUT2D eigenvalue weighted by atomic mass is 79.9. The molecule has 4 aromatic rings. The summed E-state index contributed by atoms with van der Waals surface area (Å²) in [4.78, 5) is 27.4. The molecule has 1 aliphatic carbocycles. The first-order valence-corrected chi connectivity index (χ1v) is 10.7. The first-order chi connectivity index (χ1) is 15.0. The fraction of sp³-hybridized carbons (Fsp3) is 0.174. The number of amides is 1. The summed E-state index contributed by atoms with van der Waals surface area (Å²) in [5.74, 6) is 0.451. The lowest BCUT2D eigenvalue weighted by atomic mass is 9.94. The molecule has 0 radical (unpaired) electrons. The Labute approximate surface area is 184 Å². The van der Waals surface area contributed by atoms with Crippen LogP contribution in [0, 0.1) is 0 Å². The number of aromatic amines is 1. The number of phenolic OH excluding ortho intramolecular Hbond substituents is 1. The van der Waals surface area contributed by atoms with Crippen LogP contribution in [0.2, 0.25) is 0 Å². The van der Waals surface area contributed by atoms with Gasteiger partial charge < -0.3 is 14.5 Å². The summed E-state index contributed by atoms with van der Waals surface area (Å²) >= 11 is 3.36. The number of aromatic nitrogens is 1. The van der Waals surface area contributed by atoms with E-state index < -0.39 is 5.91 Å². The van der Waals surface area contributed by atoms with Crippen molar-refractivity contribution in [1.82, 2.24) is 10.4 Å². The summed E-state index contributed by atoms with van der Waals surface area (Å²) in [6.07, 6.45) is 5.28. The average Bonchev–Trinajstić information content (AvgIpc) is 3.13. The lowest BCUT2D eigenvalue weighted by molar-refractivity contribution is 0.0956. The second-order valence-electron chi connectivity index (χ2n) is 7.50. The molecular weight excluding hydrogens is 462 g/mol. The summed E-state index contributed by atoms with van der Waals surface area (Å²) in [5.41, 5.74) is 5.12. The fourth-order valence-corrected chi connectivity index (χ4v) is 4.57. The van der Waals surface area contributed by atoms with E-state index >= 15 is 0 Å². The zero-order chi connectivity index (χ0) is 21.5. The van der Waals surface area contributed by atoms with Gasteiger partial charge in [0.1, 0.15) is 17.1 Å². The number of carbonyl (C=O) groups excluding carboxylic acids is 1. The number of pyridine rings is 1. The van der Waals surface area contributed by atoms with Crippen LogP contribution in [-0.2, 0) is 12.8 Å². The SMILES string of the molecule is O=C(N/N=C\c1c(O)c(Br)cc2oc3c(c12)CCCC3)c1cc(=O)[nH]c2ccccc12. The van der Waals surface area contributed by atoms with E-state index in [0.29, 0.717) is 26.5 Å². The van der Waals surface area contributed by atoms with Crippen molar-refractivity contribution in [2.45, 2.75) is 25.7 Å². The molecule has 5 rings (SSSR count). The molecule has 156 valence electrons. The van der Waals surface area contributed by atoms with E-state index in [1.165, 1.54) is 12.3 Å². The number of halogens is 1. The zero-order valence-corrected chi connectivity index (χ0v) is 18.0. The van der Waals surface area contributed by atoms with E-state index in [1.807, 2.05) is 0 Å². The predicted molar refractivity (Wildman–Crippen MR) is 122 cm³/mol. The van der Waals surface area contributed by atoms with Gasteiger partial charge in [0.25, 0.3) is 5.91 Å². The van der Waals surface area contributed by atoms with Crippen molar-refractivity contribution in [3.63, 3.8) is 0 Å². The van der Waals surface area contributed by atoms with E-state index in [-0.39, 0.29) is 16.9 Å². The number of rotatable bonds is 3. The molecule has 0 saturated carbocycles. The van der Waals surface area contributed by atoms with Crippen LogP contribution >= 0.6 is 15.9 Å². The second-order valence-corrected chi connectivity index (χ2v) is 8.35. The van der Waals surface area contributed by atoms with Gasteiger partial charge in [-0.25, -0.2) is 5.43 Å². The maximum absolute atomic E-state index is 12.7. The van der Waals surface area contributed by atoms with Crippen LogP contribution in [0.3, 0.4) is 0 Å². The fourth-order valence-electron chi connectivity index (χ4n) is 4.15. The highest BCUT2D eigenvalue weighted by Crippen LogP contribution is 2.40. The third-order valence-corrected chi connectivity index (χ3v) is 6.17. The first kappa shape index (κ1) is 19.6. The molecule has 0 atom stereocenters. The highest BCUT2D eigenvalue weighted by molar-refractivity contribution is 9.10. The van der Waals surface area contributed by atoms with Crippen molar-refractivity contribution in [3.8, 4) is 5.75 Å². The van der Waals surface area contributed by atoms with Gasteiger partial charge in [0.2, 0.25) is 5.56 Å². The summed E-state index contributed by atoms with van der Waals surface area (Å²) in [7, 11) is 0. The van der Waals surface area contributed by atoms with E-state index in [1.54, 1.807) is 30.3 Å². The molecule has 0 aliphatic heterocycles. The van der Waals surface area contributed by atoms with Gasteiger partial charge in [-0.3, -0.25) is 9.59 Å². The van der Waals surface area contributed by atoms with Gasteiger partial charge in [0, 0.05) is 39.9 Å². The number of benzene rings is 2. The van der Waals surface area contributed by atoms with Gasteiger partial charge in [-0.1, -0.05) is 18.2 Å². The third-order valence-electron chi connectivity index (χ3n) is 5.56. The minimum atomic E-state index is -0.515. The second kappa shape index (κ2) is 7.70. The summed E-state index contributed by atoms with van der Waals surface area (Å²) in [5, 5.41) is 16.1. The number of para-hydroxylation sites is 1. The number of hydrogen-bond acceptors (Lipinski definition) is 5. The van der Waals surface area contributed by atoms with E-state index in [0.717, 1.165) is 42.4 Å². The normalized spacial score (nSPS) is 13.7. The summed E-state index contributed by atoms with van der Waals surface area (Å²) in [6.45, 7) is 0. The number of nitrogens with one attached hydrogen (secondary N) is 2. The number of H-pyrrole nitrogens is 1. The van der Waals surface area contributed by atoms with Crippen molar-refractivity contribution in [1.29, 1.82) is 0 Å². The molecular formula is C23H18BrN3O4. The van der Waals surface area contributed by atoms with Crippen LogP contribution in [0.1, 0.15) is 40.1 Å². The van der Waals surface area contributed by atoms with Gasteiger partial charge in [0.05, 0.1) is 16.3 Å². The number of carbonyl (C=O) groups is 1. The molecule has 2 aromatic heterocycles. The number of hydrogen-bond donors (Lipinski definition) is 3. The topological polar surface area (TPSA) is 108 Å². The standard InChI is InChI=1S/C23H18BrN3O4/c24-16-10-19-21(13-6-2-4-8-18(13)31-19)15(22(16)29)11-25-27-23(30)14-9-20(28)26-17-7-3-1-5-12(14)17/h1,3,5,7,9-11,29H,2,4,6,8H2,(H,26,28)(H,27,30)/b25-11-. The van der Waals surface area contributed by atoms with Crippen molar-refractivity contribution in [2.24, 2.45) is 5.10 Å². The molecule has 3 N–H and O–H groups in total. The van der Waals surface area contributed by atoms with Gasteiger partial charge in [0.15, 0.2) is 0 Å². The Morgan fingerprint density at radius 1 is 1.23 bits per heavy atom. The maximum atomic E-state index is 12.7. The van der Waals surface area contributed by atoms with E-state index in [4.69, 9.17) is 4.42 Å². The molecule has 7 nitrogen and oxygen atoms in total.